The van der Waals surface area contributed by atoms with E-state index in [0.717, 1.165) is 16.9 Å². The molecule has 2 unspecified atom stereocenters. The van der Waals surface area contributed by atoms with Crippen molar-refractivity contribution in [2.45, 2.75) is 55.7 Å². The predicted molar refractivity (Wildman–Crippen MR) is 74.1 cm³/mol. The molecule has 0 aromatic carbocycles. The van der Waals surface area contributed by atoms with Gasteiger partial charge in [0.1, 0.15) is 0 Å². The van der Waals surface area contributed by atoms with Crippen molar-refractivity contribution in [3.05, 3.63) is 24.0 Å². The molecule has 2 rings (SSSR count). The van der Waals surface area contributed by atoms with E-state index in [1.165, 1.54) is 30.6 Å². The Bertz CT molecular complexity index is 348. The number of nitrogens with zero attached hydrogens (tertiary/aromatic N) is 1. The van der Waals surface area contributed by atoms with Crippen LogP contribution in [0.25, 0.3) is 0 Å². The first-order valence-corrected chi connectivity index (χ1v) is 7.41. The molecule has 17 heavy (non-hydrogen) atoms. The first-order chi connectivity index (χ1) is 8.15. The Labute approximate surface area is 108 Å². The summed E-state index contributed by atoms with van der Waals surface area (Å²) in [6.07, 6.45) is 7.45. The molecule has 0 amide bonds. The fourth-order valence-corrected chi connectivity index (χ4v) is 3.76. The van der Waals surface area contributed by atoms with E-state index in [4.69, 9.17) is 5.73 Å². The summed E-state index contributed by atoms with van der Waals surface area (Å²) < 4.78 is 0. The molecule has 94 valence electrons. The highest BCUT2D eigenvalue weighted by molar-refractivity contribution is 8.00. The SMILES string of the molecule is CC1CCCC(Sc2ccc([C@@H](C)N)nc2)C1. The topological polar surface area (TPSA) is 38.9 Å². The van der Waals surface area contributed by atoms with Gasteiger partial charge in [-0.3, -0.25) is 4.98 Å². The Morgan fingerprint density at radius 3 is 2.82 bits per heavy atom. The van der Waals surface area contributed by atoms with Crippen LogP contribution in [0, 0.1) is 5.92 Å². The smallest absolute Gasteiger partial charge is 0.0569 e. The van der Waals surface area contributed by atoms with Gasteiger partial charge in [-0.25, -0.2) is 0 Å². The van der Waals surface area contributed by atoms with Gasteiger partial charge in [-0.1, -0.05) is 19.8 Å². The molecule has 2 nitrogen and oxygen atoms in total. The van der Waals surface area contributed by atoms with Crippen molar-refractivity contribution in [1.29, 1.82) is 0 Å². The number of hydrogen-bond acceptors (Lipinski definition) is 3. The van der Waals surface area contributed by atoms with Gasteiger partial charge in [-0.15, -0.1) is 11.8 Å². The summed E-state index contributed by atoms with van der Waals surface area (Å²) in [4.78, 5) is 5.70. The first kappa shape index (κ1) is 12.9. The molecule has 3 heteroatoms. The maximum Gasteiger partial charge on any atom is 0.0569 e. The predicted octanol–water partition coefficient (Wildman–Crippen LogP) is 3.77. The average molecular weight is 250 g/mol. The highest BCUT2D eigenvalue weighted by Crippen LogP contribution is 2.35. The van der Waals surface area contributed by atoms with Crippen molar-refractivity contribution in [3.63, 3.8) is 0 Å². The highest BCUT2D eigenvalue weighted by atomic mass is 32.2. The number of hydrogen-bond donors (Lipinski definition) is 1. The molecule has 1 aliphatic rings. The summed E-state index contributed by atoms with van der Waals surface area (Å²) in [6.45, 7) is 4.34. The summed E-state index contributed by atoms with van der Waals surface area (Å²) in [5.74, 6) is 0.887. The summed E-state index contributed by atoms with van der Waals surface area (Å²) in [5, 5.41) is 0.779. The molecule has 1 fully saturated rings. The fraction of sp³-hybridized carbons (Fsp3) is 0.643. The van der Waals surface area contributed by atoms with Crippen LogP contribution in [0.5, 0.6) is 0 Å². The number of pyridine rings is 1. The van der Waals surface area contributed by atoms with Crippen molar-refractivity contribution in [2.24, 2.45) is 11.7 Å². The maximum atomic E-state index is 5.80. The third kappa shape index (κ3) is 3.71. The first-order valence-electron chi connectivity index (χ1n) is 6.53. The quantitative estimate of drug-likeness (QED) is 0.887. The molecule has 2 N–H and O–H groups in total. The maximum absolute atomic E-state index is 5.80. The van der Waals surface area contributed by atoms with Crippen molar-refractivity contribution in [3.8, 4) is 0 Å². The highest BCUT2D eigenvalue weighted by Gasteiger charge is 2.19. The molecule has 1 aromatic rings. The lowest BCUT2D eigenvalue weighted by molar-refractivity contribution is 0.394. The lowest BCUT2D eigenvalue weighted by Gasteiger charge is -2.26. The van der Waals surface area contributed by atoms with Crippen LogP contribution >= 0.6 is 11.8 Å². The van der Waals surface area contributed by atoms with Crippen LogP contribution in [0.4, 0.5) is 0 Å². The van der Waals surface area contributed by atoms with E-state index in [1.807, 2.05) is 24.9 Å². The normalized spacial score (nSPS) is 26.8. The lowest BCUT2D eigenvalue weighted by atomic mass is 9.91. The molecule has 0 bridgehead atoms. The number of aromatic nitrogens is 1. The largest absolute Gasteiger partial charge is 0.323 e. The molecule has 0 aliphatic heterocycles. The van der Waals surface area contributed by atoms with Crippen molar-refractivity contribution in [1.82, 2.24) is 4.98 Å². The molecule has 0 spiro atoms. The Balaban J connectivity index is 1.94. The molecule has 3 atom stereocenters. The summed E-state index contributed by atoms with van der Waals surface area (Å²) in [7, 11) is 0. The van der Waals surface area contributed by atoms with E-state index in [-0.39, 0.29) is 6.04 Å². The van der Waals surface area contributed by atoms with Crippen LogP contribution in [0.15, 0.2) is 23.2 Å². The van der Waals surface area contributed by atoms with E-state index in [2.05, 4.69) is 24.0 Å². The molecule has 1 aliphatic carbocycles. The van der Waals surface area contributed by atoms with E-state index in [1.54, 1.807) is 0 Å². The molecule has 0 radical (unpaired) electrons. The van der Waals surface area contributed by atoms with Crippen molar-refractivity contribution >= 4 is 11.8 Å². The van der Waals surface area contributed by atoms with Gasteiger partial charge in [0.15, 0.2) is 0 Å². The fourth-order valence-electron chi connectivity index (χ4n) is 2.41. The Hall–Kier alpha value is -0.540. The number of thioether (sulfide) groups is 1. The average Bonchev–Trinajstić information content (AvgIpc) is 2.29. The van der Waals surface area contributed by atoms with Crippen LogP contribution in [-0.2, 0) is 0 Å². The number of rotatable bonds is 3. The zero-order valence-corrected chi connectivity index (χ0v) is 11.5. The van der Waals surface area contributed by atoms with Gasteiger partial charge in [-0.2, -0.15) is 0 Å². The third-order valence-electron chi connectivity index (χ3n) is 3.42. The summed E-state index contributed by atoms with van der Waals surface area (Å²) in [6, 6.07) is 4.25. The van der Waals surface area contributed by atoms with Crippen LogP contribution < -0.4 is 5.73 Å². The van der Waals surface area contributed by atoms with E-state index < -0.39 is 0 Å². The minimum Gasteiger partial charge on any atom is -0.323 e. The van der Waals surface area contributed by atoms with Crippen LogP contribution in [0.2, 0.25) is 0 Å². The van der Waals surface area contributed by atoms with Crippen molar-refractivity contribution < 1.29 is 0 Å². The van der Waals surface area contributed by atoms with E-state index in [9.17, 15) is 0 Å². The molecule has 1 saturated carbocycles. The van der Waals surface area contributed by atoms with E-state index in [0.29, 0.717) is 0 Å². The second-order valence-electron chi connectivity index (χ2n) is 5.22. The van der Waals surface area contributed by atoms with Crippen LogP contribution in [0.3, 0.4) is 0 Å². The Kier molecular flexibility index (Phi) is 4.46. The molecular weight excluding hydrogens is 228 g/mol. The standard InChI is InChI=1S/C14H22N2S/c1-10-4-3-5-12(8-10)17-13-6-7-14(11(2)15)16-9-13/h6-7,9-12H,3-5,8,15H2,1-2H3/t10?,11-,12?/m1/s1. The number of nitrogens with two attached hydrogens (primary N) is 1. The Morgan fingerprint density at radius 1 is 1.41 bits per heavy atom. The second-order valence-corrected chi connectivity index (χ2v) is 6.59. The van der Waals surface area contributed by atoms with Gasteiger partial charge in [0.05, 0.1) is 5.69 Å². The van der Waals surface area contributed by atoms with Gasteiger partial charge in [0.2, 0.25) is 0 Å². The minimum atomic E-state index is 0.0313. The zero-order chi connectivity index (χ0) is 12.3. The van der Waals surface area contributed by atoms with Gasteiger partial charge in [0.25, 0.3) is 0 Å². The van der Waals surface area contributed by atoms with Gasteiger partial charge < -0.3 is 5.73 Å². The molecule has 1 heterocycles. The zero-order valence-electron chi connectivity index (χ0n) is 10.7. The van der Waals surface area contributed by atoms with Gasteiger partial charge >= 0.3 is 0 Å². The molecular formula is C14H22N2S. The summed E-state index contributed by atoms with van der Waals surface area (Å²) in [5.41, 5.74) is 6.78. The Morgan fingerprint density at radius 2 is 2.24 bits per heavy atom. The minimum absolute atomic E-state index is 0.0313. The second kappa shape index (κ2) is 5.87. The molecule has 0 saturated heterocycles. The third-order valence-corrected chi connectivity index (χ3v) is 4.69. The lowest BCUT2D eigenvalue weighted by Crippen LogP contribution is -2.15. The van der Waals surface area contributed by atoms with Crippen LogP contribution in [-0.4, -0.2) is 10.2 Å². The van der Waals surface area contributed by atoms with Gasteiger partial charge in [-0.05, 0) is 37.8 Å². The monoisotopic (exact) mass is 250 g/mol. The van der Waals surface area contributed by atoms with Gasteiger partial charge in [0, 0.05) is 22.4 Å². The summed E-state index contributed by atoms with van der Waals surface area (Å²) >= 11 is 1.99. The van der Waals surface area contributed by atoms with Crippen molar-refractivity contribution in [2.75, 3.05) is 0 Å². The molecule has 1 aromatic heterocycles. The van der Waals surface area contributed by atoms with Crippen LogP contribution in [0.1, 0.15) is 51.3 Å². The van der Waals surface area contributed by atoms with E-state index >= 15 is 0 Å².